The maximum Gasteiger partial charge on any atom is 0.254 e. The molecule has 2 rings (SSSR count). The third-order valence-electron chi connectivity index (χ3n) is 3.68. The summed E-state index contributed by atoms with van der Waals surface area (Å²) in [7, 11) is 1.62. The molecular formula is C17H19ClN2O2S. The molecule has 4 nitrogen and oxygen atoms in total. The minimum absolute atomic E-state index is 0.173. The average molecular weight is 351 g/mol. The van der Waals surface area contributed by atoms with Crippen molar-refractivity contribution in [2.75, 3.05) is 19.9 Å². The van der Waals surface area contributed by atoms with Crippen LogP contribution in [0.15, 0.2) is 47.6 Å². The number of methoxy groups -OCH3 is 1. The number of ether oxygens (including phenoxy) is 1. The first-order valence-electron chi connectivity index (χ1n) is 7.08. The molecule has 0 bridgehead atoms. The first-order chi connectivity index (χ1) is 11.0. The highest BCUT2D eigenvalue weighted by molar-refractivity contribution is 7.98. The average Bonchev–Trinajstić information content (AvgIpc) is 2.59. The summed E-state index contributed by atoms with van der Waals surface area (Å²) in [5.74, 6) is -0.173. The Labute approximate surface area is 145 Å². The molecule has 6 heteroatoms. The van der Waals surface area contributed by atoms with Crippen LogP contribution in [0.25, 0.3) is 0 Å². The van der Waals surface area contributed by atoms with E-state index in [0.717, 1.165) is 5.56 Å². The summed E-state index contributed by atoms with van der Waals surface area (Å²) in [6, 6.07) is 11.0. The number of hydrogen-bond acceptors (Lipinski definition) is 4. The Morgan fingerprint density at radius 2 is 2.17 bits per heavy atom. The monoisotopic (exact) mass is 350 g/mol. The normalized spacial score (nSPS) is 13.4. The highest BCUT2D eigenvalue weighted by Gasteiger charge is 2.27. The van der Waals surface area contributed by atoms with Crippen molar-refractivity contribution in [1.29, 1.82) is 0 Å². The number of amides is 1. The van der Waals surface area contributed by atoms with Crippen molar-refractivity contribution < 1.29 is 9.53 Å². The van der Waals surface area contributed by atoms with Crippen LogP contribution in [0.3, 0.4) is 0 Å². The molecule has 0 fully saturated rings. The van der Waals surface area contributed by atoms with Gasteiger partial charge in [0.15, 0.2) is 0 Å². The molecule has 0 spiro atoms. The molecule has 0 aliphatic rings. The number of thioether (sulfide) groups is 1. The number of pyridine rings is 1. The van der Waals surface area contributed by atoms with Gasteiger partial charge in [0.2, 0.25) is 0 Å². The molecule has 1 N–H and O–H groups in total. The molecule has 0 saturated heterocycles. The molecule has 2 aromatic rings. The maximum atomic E-state index is 12.4. The summed E-state index contributed by atoms with van der Waals surface area (Å²) in [4.78, 5) is 16.6. The molecule has 0 aliphatic carbocycles. The van der Waals surface area contributed by atoms with Gasteiger partial charge < -0.3 is 10.1 Å². The zero-order chi connectivity index (χ0) is 16.9. The standard InChI is InChI=1S/C17H19ClN2O2S/c1-17(22-2,12-6-4-7-13(18)10-12)11-20-15(21)14-8-5-9-19-16(14)23-3/h4-10H,11H2,1-3H3,(H,20,21). The number of aromatic nitrogens is 1. The predicted molar refractivity (Wildman–Crippen MR) is 94.2 cm³/mol. The van der Waals surface area contributed by atoms with Gasteiger partial charge in [-0.2, -0.15) is 0 Å². The fraction of sp³-hybridized carbons (Fsp3) is 0.294. The summed E-state index contributed by atoms with van der Waals surface area (Å²) in [6.45, 7) is 2.24. The lowest BCUT2D eigenvalue weighted by atomic mass is 9.95. The van der Waals surface area contributed by atoms with Crippen molar-refractivity contribution in [2.45, 2.75) is 17.6 Å². The van der Waals surface area contributed by atoms with Crippen LogP contribution in [0.5, 0.6) is 0 Å². The maximum absolute atomic E-state index is 12.4. The first kappa shape index (κ1) is 17.8. The lowest BCUT2D eigenvalue weighted by Gasteiger charge is -2.29. The van der Waals surface area contributed by atoms with Gasteiger partial charge in [0, 0.05) is 18.3 Å². The van der Waals surface area contributed by atoms with E-state index in [1.165, 1.54) is 11.8 Å². The minimum atomic E-state index is -0.664. The smallest absolute Gasteiger partial charge is 0.254 e. The molecule has 23 heavy (non-hydrogen) atoms. The van der Waals surface area contributed by atoms with Crippen molar-refractivity contribution in [2.24, 2.45) is 0 Å². The molecule has 1 atom stereocenters. The van der Waals surface area contributed by atoms with Gasteiger partial charge in [-0.05, 0) is 43.0 Å². The Morgan fingerprint density at radius 3 is 2.83 bits per heavy atom. The minimum Gasteiger partial charge on any atom is -0.372 e. The Hall–Kier alpha value is -1.56. The van der Waals surface area contributed by atoms with E-state index in [2.05, 4.69) is 10.3 Å². The second kappa shape index (κ2) is 7.81. The lowest BCUT2D eigenvalue weighted by molar-refractivity contribution is 0.00312. The van der Waals surface area contributed by atoms with Crippen LogP contribution in [0.1, 0.15) is 22.8 Å². The van der Waals surface area contributed by atoms with Gasteiger partial charge in [-0.15, -0.1) is 11.8 Å². The zero-order valence-electron chi connectivity index (χ0n) is 13.3. The summed E-state index contributed by atoms with van der Waals surface area (Å²) in [6.07, 6.45) is 3.57. The number of halogens is 1. The highest BCUT2D eigenvalue weighted by Crippen LogP contribution is 2.26. The van der Waals surface area contributed by atoms with Gasteiger partial charge in [-0.1, -0.05) is 23.7 Å². The van der Waals surface area contributed by atoms with Crippen LogP contribution in [0, 0.1) is 0 Å². The van der Waals surface area contributed by atoms with Crippen molar-refractivity contribution in [1.82, 2.24) is 10.3 Å². The first-order valence-corrected chi connectivity index (χ1v) is 8.69. The molecule has 0 saturated carbocycles. The Balaban J connectivity index is 2.15. The summed E-state index contributed by atoms with van der Waals surface area (Å²) < 4.78 is 5.63. The highest BCUT2D eigenvalue weighted by atomic mass is 35.5. The summed E-state index contributed by atoms with van der Waals surface area (Å²) >= 11 is 7.49. The number of rotatable bonds is 6. The molecule has 1 heterocycles. The van der Waals surface area contributed by atoms with E-state index in [1.807, 2.05) is 31.4 Å². The van der Waals surface area contributed by atoms with E-state index in [0.29, 0.717) is 22.2 Å². The molecule has 1 aromatic carbocycles. The molecule has 0 radical (unpaired) electrons. The second-order valence-corrected chi connectivity index (χ2v) is 6.42. The largest absolute Gasteiger partial charge is 0.372 e. The quantitative estimate of drug-likeness (QED) is 0.806. The fourth-order valence-corrected chi connectivity index (χ4v) is 2.92. The number of carbonyl (C=O) groups is 1. The van der Waals surface area contributed by atoms with E-state index in [1.54, 1.807) is 31.5 Å². The number of carbonyl (C=O) groups excluding carboxylic acids is 1. The van der Waals surface area contributed by atoms with Gasteiger partial charge >= 0.3 is 0 Å². The Morgan fingerprint density at radius 1 is 1.39 bits per heavy atom. The van der Waals surface area contributed by atoms with Crippen LogP contribution < -0.4 is 5.32 Å². The van der Waals surface area contributed by atoms with Crippen molar-refractivity contribution in [3.8, 4) is 0 Å². The molecular weight excluding hydrogens is 332 g/mol. The number of hydrogen-bond donors (Lipinski definition) is 1. The van der Waals surface area contributed by atoms with Crippen molar-refractivity contribution >= 4 is 29.3 Å². The van der Waals surface area contributed by atoms with E-state index >= 15 is 0 Å². The zero-order valence-corrected chi connectivity index (χ0v) is 14.9. The fourth-order valence-electron chi connectivity index (χ4n) is 2.18. The molecule has 122 valence electrons. The van der Waals surface area contributed by atoms with Gasteiger partial charge in [-0.3, -0.25) is 4.79 Å². The molecule has 1 unspecified atom stereocenters. The van der Waals surface area contributed by atoms with Gasteiger partial charge in [-0.25, -0.2) is 4.98 Å². The van der Waals surface area contributed by atoms with Crippen LogP contribution in [0.2, 0.25) is 5.02 Å². The van der Waals surface area contributed by atoms with Crippen LogP contribution in [-0.4, -0.2) is 30.8 Å². The van der Waals surface area contributed by atoms with Gasteiger partial charge in [0.1, 0.15) is 10.6 Å². The Kier molecular flexibility index (Phi) is 6.04. The number of nitrogens with one attached hydrogen (secondary N) is 1. The van der Waals surface area contributed by atoms with E-state index in [4.69, 9.17) is 16.3 Å². The van der Waals surface area contributed by atoms with Crippen molar-refractivity contribution in [3.05, 3.63) is 58.7 Å². The van der Waals surface area contributed by atoms with E-state index in [-0.39, 0.29) is 5.91 Å². The van der Waals surface area contributed by atoms with Crippen LogP contribution >= 0.6 is 23.4 Å². The Bertz CT molecular complexity index is 696. The number of benzene rings is 1. The number of nitrogens with zero attached hydrogens (tertiary/aromatic N) is 1. The van der Waals surface area contributed by atoms with Crippen LogP contribution in [-0.2, 0) is 10.3 Å². The summed E-state index contributed by atoms with van der Waals surface area (Å²) in [5.41, 5.74) is 0.802. The topological polar surface area (TPSA) is 51.2 Å². The molecule has 1 amide bonds. The van der Waals surface area contributed by atoms with Gasteiger partial charge in [0.05, 0.1) is 12.1 Å². The third kappa shape index (κ3) is 4.25. The van der Waals surface area contributed by atoms with Gasteiger partial charge in [0.25, 0.3) is 5.91 Å². The van der Waals surface area contributed by atoms with E-state index in [9.17, 15) is 4.79 Å². The second-order valence-electron chi connectivity index (χ2n) is 5.19. The third-order valence-corrected chi connectivity index (χ3v) is 4.63. The van der Waals surface area contributed by atoms with Crippen molar-refractivity contribution in [3.63, 3.8) is 0 Å². The van der Waals surface area contributed by atoms with E-state index < -0.39 is 5.60 Å². The van der Waals surface area contributed by atoms with Crippen LogP contribution in [0.4, 0.5) is 0 Å². The molecule has 1 aromatic heterocycles. The predicted octanol–water partition coefficient (Wildman–Crippen LogP) is 3.75. The molecule has 0 aliphatic heterocycles. The lowest BCUT2D eigenvalue weighted by Crippen LogP contribution is -2.40. The summed E-state index contributed by atoms with van der Waals surface area (Å²) in [5, 5.41) is 4.26. The SMILES string of the molecule is COC(C)(CNC(=O)c1cccnc1SC)c1cccc(Cl)c1.